The average molecular weight is 408 g/mol. The van der Waals surface area contributed by atoms with Gasteiger partial charge in [-0.15, -0.1) is 0 Å². The lowest BCUT2D eigenvalue weighted by atomic mass is 9.96. The maximum absolute atomic E-state index is 13.4. The van der Waals surface area contributed by atoms with Crippen molar-refractivity contribution in [2.75, 3.05) is 13.1 Å². The predicted molar refractivity (Wildman–Crippen MR) is 110 cm³/mol. The molecule has 0 unspecified atom stereocenters. The Balaban J connectivity index is 1.24. The van der Waals surface area contributed by atoms with Crippen LogP contribution in [-0.4, -0.2) is 32.9 Å². The fourth-order valence-corrected chi connectivity index (χ4v) is 4.06. The van der Waals surface area contributed by atoms with Crippen molar-refractivity contribution >= 4 is 11.0 Å². The molecule has 1 saturated heterocycles. The fourth-order valence-electron chi connectivity index (χ4n) is 4.06. The van der Waals surface area contributed by atoms with E-state index in [1.807, 2.05) is 6.92 Å². The zero-order chi connectivity index (χ0) is 20.7. The maximum Gasteiger partial charge on any atom is 0.226 e. The molecular weight excluding hydrogens is 386 g/mol. The number of rotatable bonds is 4. The van der Waals surface area contributed by atoms with Crippen LogP contribution < -0.4 is 0 Å². The molecule has 1 fully saturated rings. The first kappa shape index (κ1) is 18.9. The molecule has 1 N–H and O–H groups in total. The standard InChI is InChI=1S/C23H22F2N4O/c1-14-21(28-23(30-14)16-2-4-17(24)5-3-16)13-29-10-8-15(9-11-29)22-26-19-7-6-18(25)12-20(19)27-22/h2-7,12,15H,8-11,13H2,1H3,(H,26,27). The molecule has 154 valence electrons. The summed E-state index contributed by atoms with van der Waals surface area (Å²) in [5, 5.41) is 0. The van der Waals surface area contributed by atoms with E-state index in [1.165, 1.54) is 24.3 Å². The van der Waals surface area contributed by atoms with Gasteiger partial charge in [0, 0.05) is 18.0 Å². The Hall–Kier alpha value is -3.06. The molecule has 0 bridgehead atoms. The molecule has 0 spiro atoms. The second-order valence-electron chi connectivity index (χ2n) is 7.86. The minimum absolute atomic E-state index is 0.254. The van der Waals surface area contributed by atoms with Gasteiger partial charge in [0.2, 0.25) is 5.89 Å². The predicted octanol–water partition coefficient (Wildman–Crippen LogP) is 5.18. The van der Waals surface area contributed by atoms with Crippen molar-refractivity contribution in [1.29, 1.82) is 0 Å². The largest absolute Gasteiger partial charge is 0.441 e. The van der Waals surface area contributed by atoms with E-state index < -0.39 is 0 Å². The monoisotopic (exact) mass is 408 g/mol. The lowest BCUT2D eigenvalue weighted by Crippen LogP contribution is -2.33. The number of oxazole rings is 1. The lowest BCUT2D eigenvalue weighted by molar-refractivity contribution is 0.199. The lowest BCUT2D eigenvalue weighted by Gasteiger charge is -2.30. The first-order chi connectivity index (χ1) is 14.5. The normalized spacial score (nSPS) is 15.8. The third kappa shape index (κ3) is 3.73. The topological polar surface area (TPSA) is 58.0 Å². The summed E-state index contributed by atoms with van der Waals surface area (Å²) in [6, 6.07) is 10.8. The number of likely N-dealkylation sites (tertiary alicyclic amines) is 1. The highest BCUT2D eigenvalue weighted by Gasteiger charge is 2.24. The molecule has 0 saturated carbocycles. The number of piperidine rings is 1. The van der Waals surface area contributed by atoms with E-state index in [1.54, 1.807) is 18.2 Å². The van der Waals surface area contributed by atoms with E-state index >= 15 is 0 Å². The number of nitrogens with zero attached hydrogens (tertiary/aromatic N) is 3. The number of hydrogen-bond acceptors (Lipinski definition) is 4. The van der Waals surface area contributed by atoms with Gasteiger partial charge in [0.1, 0.15) is 23.2 Å². The highest BCUT2D eigenvalue weighted by atomic mass is 19.1. The SMILES string of the molecule is Cc1oc(-c2ccc(F)cc2)nc1CN1CCC(c2nc3ccc(F)cc3[nH]2)CC1. The van der Waals surface area contributed by atoms with Crippen molar-refractivity contribution in [2.45, 2.75) is 32.2 Å². The molecule has 1 aliphatic rings. The Morgan fingerprint density at radius 3 is 2.53 bits per heavy atom. The molecule has 3 heterocycles. The summed E-state index contributed by atoms with van der Waals surface area (Å²) in [5.74, 6) is 2.05. The molecule has 5 nitrogen and oxygen atoms in total. The third-order valence-corrected chi connectivity index (χ3v) is 5.79. The molecule has 1 aliphatic heterocycles. The molecule has 0 aliphatic carbocycles. The van der Waals surface area contributed by atoms with Gasteiger partial charge < -0.3 is 9.40 Å². The number of aromatic amines is 1. The number of halogens is 2. The van der Waals surface area contributed by atoms with Crippen molar-refractivity contribution in [3.63, 3.8) is 0 Å². The van der Waals surface area contributed by atoms with Gasteiger partial charge in [-0.25, -0.2) is 18.7 Å². The number of aromatic nitrogens is 3. The molecule has 0 radical (unpaired) electrons. The first-order valence-corrected chi connectivity index (χ1v) is 10.1. The second kappa shape index (κ2) is 7.65. The number of H-pyrrole nitrogens is 1. The molecule has 7 heteroatoms. The van der Waals surface area contributed by atoms with Crippen LogP contribution in [-0.2, 0) is 6.54 Å². The van der Waals surface area contributed by atoms with Gasteiger partial charge in [-0.1, -0.05) is 0 Å². The van der Waals surface area contributed by atoms with Gasteiger partial charge in [-0.3, -0.25) is 4.90 Å². The van der Waals surface area contributed by atoms with Crippen LogP contribution in [0.4, 0.5) is 8.78 Å². The summed E-state index contributed by atoms with van der Waals surface area (Å²) in [4.78, 5) is 14.9. The van der Waals surface area contributed by atoms with E-state index in [4.69, 9.17) is 4.42 Å². The first-order valence-electron chi connectivity index (χ1n) is 10.1. The minimum atomic E-state index is -0.278. The number of aryl methyl sites for hydroxylation is 1. The fraction of sp³-hybridized carbons (Fsp3) is 0.304. The van der Waals surface area contributed by atoms with Gasteiger partial charge >= 0.3 is 0 Å². The minimum Gasteiger partial charge on any atom is -0.441 e. The third-order valence-electron chi connectivity index (χ3n) is 5.79. The van der Waals surface area contributed by atoms with E-state index in [-0.39, 0.29) is 11.6 Å². The average Bonchev–Trinajstić information content (AvgIpc) is 3.32. The molecule has 4 aromatic rings. The molecule has 2 aromatic carbocycles. The van der Waals surface area contributed by atoms with Crippen LogP contribution in [0.25, 0.3) is 22.5 Å². The van der Waals surface area contributed by atoms with Crippen molar-refractivity contribution in [1.82, 2.24) is 19.9 Å². The Bertz CT molecular complexity index is 1170. The van der Waals surface area contributed by atoms with Crippen molar-refractivity contribution in [3.8, 4) is 11.5 Å². The molecular formula is C23H22F2N4O. The summed E-state index contributed by atoms with van der Waals surface area (Å²) in [6.07, 6.45) is 1.95. The van der Waals surface area contributed by atoms with Gasteiger partial charge in [0.05, 0.1) is 16.7 Å². The Kier molecular flexibility index (Phi) is 4.83. The Morgan fingerprint density at radius 1 is 1.03 bits per heavy atom. The smallest absolute Gasteiger partial charge is 0.226 e. The molecule has 2 aromatic heterocycles. The summed E-state index contributed by atoms with van der Waals surface area (Å²) >= 11 is 0. The Labute approximate surface area is 172 Å². The summed E-state index contributed by atoms with van der Waals surface area (Å²) < 4.78 is 32.4. The quantitative estimate of drug-likeness (QED) is 0.505. The van der Waals surface area contributed by atoms with E-state index in [2.05, 4.69) is 19.9 Å². The van der Waals surface area contributed by atoms with Crippen molar-refractivity contribution in [2.24, 2.45) is 0 Å². The summed E-state index contributed by atoms with van der Waals surface area (Å²) in [5.41, 5.74) is 3.23. The number of fused-ring (bicyclic) bond motifs is 1. The van der Waals surface area contributed by atoms with Crippen molar-refractivity contribution < 1.29 is 13.2 Å². The van der Waals surface area contributed by atoms with Gasteiger partial charge in [-0.05, 0) is 75.3 Å². The highest BCUT2D eigenvalue weighted by molar-refractivity contribution is 5.75. The number of nitrogens with one attached hydrogen (secondary N) is 1. The van der Waals surface area contributed by atoms with E-state index in [0.29, 0.717) is 18.4 Å². The van der Waals surface area contributed by atoms with Crippen LogP contribution in [0.5, 0.6) is 0 Å². The van der Waals surface area contributed by atoms with Gasteiger partial charge in [0.25, 0.3) is 0 Å². The maximum atomic E-state index is 13.4. The van der Waals surface area contributed by atoms with Crippen LogP contribution in [0.2, 0.25) is 0 Å². The van der Waals surface area contributed by atoms with E-state index in [0.717, 1.165) is 59.8 Å². The van der Waals surface area contributed by atoms with Gasteiger partial charge in [-0.2, -0.15) is 0 Å². The number of imidazole rings is 1. The summed E-state index contributed by atoms with van der Waals surface area (Å²) in [7, 11) is 0. The molecule has 0 atom stereocenters. The van der Waals surface area contributed by atoms with Crippen molar-refractivity contribution in [3.05, 3.63) is 71.4 Å². The van der Waals surface area contributed by atoms with Crippen LogP contribution in [0.3, 0.4) is 0 Å². The molecule has 0 amide bonds. The molecule has 30 heavy (non-hydrogen) atoms. The second-order valence-corrected chi connectivity index (χ2v) is 7.86. The number of benzene rings is 2. The Morgan fingerprint density at radius 2 is 1.77 bits per heavy atom. The van der Waals surface area contributed by atoms with E-state index in [9.17, 15) is 8.78 Å². The molecule has 5 rings (SSSR count). The summed E-state index contributed by atoms with van der Waals surface area (Å²) in [6.45, 7) is 4.48. The van der Waals surface area contributed by atoms with Crippen LogP contribution in [0.1, 0.15) is 36.0 Å². The number of hydrogen-bond donors (Lipinski definition) is 1. The zero-order valence-electron chi connectivity index (χ0n) is 16.7. The zero-order valence-corrected chi connectivity index (χ0v) is 16.7. The van der Waals surface area contributed by atoms with Gasteiger partial charge in [0.15, 0.2) is 0 Å². The highest BCUT2D eigenvalue weighted by Crippen LogP contribution is 2.29. The van der Waals surface area contributed by atoms with Crippen LogP contribution in [0.15, 0.2) is 46.9 Å². The van der Waals surface area contributed by atoms with Crippen LogP contribution >= 0.6 is 0 Å². The van der Waals surface area contributed by atoms with Crippen LogP contribution in [0, 0.1) is 18.6 Å².